The van der Waals surface area contributed by atoms with Crippen molar-refractivity contribution in [2.75, 3.05) is 26.2 Å². The van der Waals surface area contributed by atoms with Crippen LogP contribution in [0.25, 0.3) is 0 Å². The van der Waals surface area contributed by atoms with E-state index in [4.69, 9.17) is 0 Å². The van der Waals surface area contributed by atoms with Crippen LogP contribution in [0.5, 0.6) is 0 Å². The van der Waals surface area contributed by atoms with Gasteiger partial charge in [0.05, 0.1) is 0 Å². The van der Waals surface area contributed by atoms with E-state index >= 15 is 0 Å². The molecule has 21 heavy (non-hydrogen) atoms. The molecule has 2 saturated heterocycles. The fourth-order valence-electron chi connectivity index (χ4n) is 5.07. The molecule has 1 aliphatic carbocycles. The van der Waals surface area contributed by atoms with Crippen molar-refractivity contribution < 1.29 is 0 Å². The standard InChI is InChI=1S/C19H36N2/c1-15(2)17-5-9-21(10-6-17)18-13-19(14-18)7-11-20(12-8-19)16(3)4/h15-18H,5-14H2,1-4H3. The van der Waals surface area contributed by atoms with E-state index in [1.54, 1.807) is 0 Å². The summed E-state index contributed by atoms with van der Waals surface area (Å²) in [5, 5.41) is 0. The Morgan fingerprint density at radius 3 is 1.90 bits per heavy atom. The monoisotopic (exact) mass is 292 g/mol. The van der Waals surface area contributed by atoms with Crippen LogP contribution in [0.3, 0.4) is 0 Å². The van der Waals surface area contributed by atoms with Gasteiger partial charge in [0.25, 0.3) is 0 Å². The summed E-state index contributed by atoms with van der Waals surface area (Å²) in [6.07, 6.45) is 8.83. The molecule has 0 aromatic rings. The summed E-state index contributed by atoms with van der Waals surface area (Å²) in [4.78, 5) is 5.51. The molecule has 1 saturated carbocycles. The second kappa shape index (κ2) is 6.20. The highest BCUT2D eigenvalue weighted by molar-refractivity contribution is 5.02. The summed E-state index contributed by atoms with van der Waals surface area (Å²) in [6.45, 7) is 15.0. The molecule has 3 rings (SSSR count). The molecule has 2 heteroatoms. The molecule has 3 fully saturated rings. The molecule has 2 aliphatic heterocycles. The van der Waals surface area contributed by atoms with Gasteiger partial charge in [0.1, 0.15) is 0 Å². The topological polar surface area (TPSA) is 6.48 Å². The van der Waals surface area contributed by atoms with Crippen molar-refractivity contribution in [3.63, 3.8) is 0 Å². The lowest BCUT2D eigenvalue weighted by atomic mass is 9.59. The van der Waals surface area contributed by atoms with Crippen molar-refractivity contribution in [2.24, 2.45) is 17.3 Å². The summed E-state index contributed by atoms with van der Waals surface area (Å²) in [7, 11) is 0. The molecular weight excluding hydrogens is 256 g/mol. The third-order valence-electron chi connectivity index (χ3n) is 6.96. The molecule has 0 aromatic carbocycles. The number of piperidine rings is 2. The van der Waals surface area contributed by atoms with E-state index in [0.717, 1.165) is 29.3 Å². The summed E-state index contributed by atoms with van der Waals surface area (Å²) in [5.41, 5.74) is 0.741. The van der Waals surface area contributed by atoms with E-state index in [1.165, 1.54) is 64.7 Å². The molecule has 0 aromatic heterocycles. The second-order valence-electron chi connectivity index (χ2n) is 8.81. The van der Waals surface area contributed by atoms with E-state index < -0.39 is 0 Å². The van der Waals surface area contributed by atoms with E-state index in [1.807, 2.05) is 0 Å². The third kappa shape index (κ3) is 3.32. The van der Waals surface area contributed by atoms with Gasteiger partial charge < -0.3 is 9.80 Å². The molecule has 122 valence electrons. The molecule has 2 heterocycles. The summed E-state index contributed by atoms with van der Waals surface area (Å²) < 4.78 is 0. The Hall–Kier alpha value is -0.0800. The minimum atomic E-state index is 0.741. The van der Waals surface area contributed by atoms with Crippen molar-refractivity contribution in [1.82, 2.24) is 9.80 Å². The van der Waals surface area contributed by atoms with Crippen molar-refractivity contribution in [3.05, 3.63) is 0 Å². The quantitative estimate of drug-likeness (QED) is 0.775. The van der Waals surface area contributed by atoms with Gasteiger partial charge in [-0.15, -0.1) is 0 Å². The highest BCUT2D eigenvalue weighted by atomic mass is 15.2. The first kappa shape index (κ1) is 15.8. The van der Waals surface area contributed by atoms with E-state index in [2.05, 4.69) is 37.5 Å². The SMILES string of the molecule is CC(C)C1CCN(C2CC3(CCN(C(C)C)CC3)C2)CC1. The normalized spacial score (nSPS) is 29.4. The zero-order chi connectivity index (χ0) is 15.0. The van der Waals surface area contributed by atoms with Gasteiger partial charge in [-0.05, 0) is 95.8 Å². The summed E-state index contributed by atoms with van der Waals surface area (Å²) in [6, 6.07) is 1.68. The maximum Gasteiger partial charge on any atom is 0.0106 e. The van der Waals surface area contributed by atoms with Gasteiger partial charge >= 0.3 is 0 Å². The first-order valence-electron chi connectivity index (χ1n) is 9.47. The van der Waals surface area contributed by atoms with Crippen molar-refractivity contribution in [2.45, 2.75) is 78.3 Å². The van der Waals surface area contributed by atoms with Crippen LogP contribution in [0, 0.1) is 17.3 Å². The zero-order valence-corrected chi connectivity index (χ0v) is 14.8. The Morgan fingerprint density at radius 1 is 0.857 bits per heavy atom. The lowest BCUT2D eigenvalue weighted by Crippen LogP contribution is -2.57. The summed E-state index contributed by atoms with van der Waals surface area (Å²) >= 11 is 0. The molecular formula is C19H36N2. The maximum atomic E-state index is 2.83. The largest absolute Gasteiger partial charge is 0.301 e. The molecule has 0 amide bonds. The number of hydrogen-bond acceptors (Lipinski definition) is 2. The van der Waals surface area contributed by atoms with Crippen LogP contribution in [-0.2, 0) is 0 Å². The molecule has 0 N–H and O–H groups in total. The Bertz CT molecular complexity index is 325. The van der Waals surface area contributed by atoms with Gasteiger partial charge in [0, 0.05) is 12.1 Å². The van der Waals surface area contributed by atoms with Crippen molar-refractivity contribution in [3.8, 4) is 0 Å². The second-order valence-corrected chi connectivity index (χ2v) is 8.81. The average molecular weight is 293 g/mol. The molecule has 3 aliphatic rings. The van der Waals surface area contributed by atoms with Gasteiger partial charge in [-0.2, -0.15) is 0 Å². The van der Waals surface area contributed by atoms with Gasteiger partial charge in [-0.3, -0.25) is 0 Å². The minimum absolute atomic E-state index is 0.741. The summed E-state index contributed by atoms with van der Waals surface area (Å²) in [5.74, 6) is 1.88. The highest BCUT2D eigenvalue weighted by Gasteiger charge is 2.48. The molecule has 0 bridgehead atoms. The van der Waals surface area contributed by atoms with Gasteiger partial charge in [-0.1, -0.05) is 13.8 Å². The van der Waals surface area contributed by atoms with Crippen LogP contribution in [0.1, 0.15) is 66.2 Å². The number of likely N-dealkylation sites (tertiary alicyclic amines) is 2. The van der Waals surface area contributed by atoms with E-state index in [-0.39, 0.29) is 0 Å². The van der Waals surface area contributed by atoms with Crippen LogP contribution in [0.15, 0.2) is 0 Å². The molecule has 0 unspecified atom stereocenters. The van der Waals surface area contributed by atoms with Crippen molar-refractivity contribution in [1.29, 1.82) is 0 Å². The Kier molecular flexibility index (Phi) is 4.66. The van der Waals surface area contributed by atoms with Gasteiger partial charge in [0.2, 0.25) is 0 Å². The van der Waals surface area contributed by atoms with Gasteiger partial charge in [0.15, 0.2) is 0 Å². The first-order valence-corrected chi connectivity index (χ1v) is 9.47. The Balaban J connectivity index is 1.42. The Labute approximate surface area is 132 Å². The smallest absolute Gasteiger partial charge is 0.0106 e. The highest BCUT2D eigenvalue weighted by Crippen LogP contribution is 2.51. The van der Waals surface area contributed by atoms with E-state index in [0.29, 0.717) is 0 Å². The van der Waals surface area contributed by atoms with Crippen LogP contribution < -0.4 is 0 Å². The van der Waals surface area contributed by atoms with Crippen LogP contribution in [-0.4, -0.2) is 48.1 Å². The molecule has 0 atom stereocenters. The number of hydrogen-bond donors (Lipinski definition) is 0. The first-order chi connectivity index (χ1) is 9.99. The predicted molar refractivity (Wildman–Crippen MR) is 90.5 cm³/mol. The fraction of sp³-hybridized carbons (Fsp3) is 1.00. The minimum Gasteiger partial charge on any atom is -0.301 e. The van der Waals surface area contributed by atoms with Crippen LogP contribution >= 0.6 is 0 Å². The fourth-order valence-corrected chi connectivity index (χ4v) is 5.07. The molecule has 2 nitrogen and oxygen atoms in total. The van der Waals surface area contributed by atoms with Crippen LogP contribution in [0.4, 0.5) is 0 Å². The zero-order valence-electron chi connectivity index (χ0n) is 14.8. The van der Waals surface area contributed by atoms with Gasteiger partial charge in [-0.25, -0.2) is 0 Å². The lowest BCUT2D eigenvalue weighted by molar-refractivity contribution is -0.0574. The maximum absolute atomic E-state index is 2.83. The lowest BCUT2D eigenvalue weighted by Gasteiger charge is -2.56. The van der Waals surface area contributed by atoms with Crippen LogP contribution in [0.2, 0.25) is 0 Å². The number of nitrogens with zero attached hydrogens (tertiary/aromatic N) is 2. The average Bonchev–Trinajstić information content (AvgIpc) is 2.45. The Morgan fingerprint density at radius 2 is 1.43 bits per heavy atom. The predicted octanol–water partition coefficient (Wildman–Crippen LogP) is 4.01. The molecule has 0 radical (unpaired) electrons. The van der Waals surface area contributed by atoms with Crippen molar-refractivity contribution >= 4 is 0 Å². The number of rotatable bonds is 3. The van der Waals surface area contributed by atoms with E-state index in [9.17, 15) is 0 Å². The third-order valence-corrected chi connectivity index (χ3v) is 6.96. The molecule has 1 spiro atoms.